The highest BCUT2D eigenvalue weighted by molar-refractivity contribution is 5.51. The van der Waals surface area contributed by atoms with Crippen LogP contribution in [0.4, 0.5) is 5.82 Å². The van der Waals surface area contributed by atoms with Gasteiger partial charge in [-0.15, -0.1) is 0 Å². The highest BCUT2D eigenvalue weighted by atomic mass is 16.5. The van der Waals surface area contributed by atoms with E-state index in [2.05, 4.69) is 17.9 Å². The molecule has 1 aromatic rings. The van der Waals surface area contributed by atoms with Gasteiger partial charge in [-0.2, -0.15) is 0 Å². The molecule has 2 heterocycles. The predicted molar refractivity (Wildman–Crippen MR) is 85.6 cm³/mol. The highest BCUT2D eigenvalue weighted by Crippen LogP contribution is 2.31. The summed E-state index contributed by atoms with van der Waals surface area (Å²) in [5.41, 5.74) is 9.82. The van der Waals surface area contributed by atoms with Crippen LogP contribution in [0, 0.1) is 0 Å². The molecule has 0 radical (unpaired) electrons. The summed E-state index contributed by atoms with van der Waals surface area (Å²) in [7, 11) is 1.81. The largest absolute Gasteiger partial charge is 0.377 e. The minimum absolute atomic E-state index is 0.0678. The molecule has 4 heteroatoms. The van der Waals surface area contributed by atoms with Crippen LogP contribution in [0.5, 0.6) is 0 Å². The zero-order chi connectivity index (χ0) is 14.9. The number of nitrogens with two attached hydrogens (primary N) is 1. The molecule has 21 heavy (non-hydrogen) atoms. The van der Waals surface area contributed by atoms with E-state index >= 15 is 0 Å². The molecular weight excluding hydrogens is 262 g/mol. The van der Waals surface area contributed by atoms with Crippen LogP contribution < -0.4 is 10.6 Å². The number of piperidine rings is 1. The fourth-order valence-electron chi connectivity index (χ4n) is 3.65. The average Bonchev–Trinajstić information content (AvgIpc) is 2.53. The number of rotatable bonds is 3. The molecular formula is C17H27N3O. The van der Waals surface area contributed by atoms with E-state index in [1.54, 1.807) is 0 Å². The first-order valence-electron chi connectivity index (χ1n) is 8.17. The lowest BCUT2D eigenvalue weighted by atomic mass is 9.92. The van der Waals surface area contributed by atoms with Gasteiger partial charge in [-0.1, -0.05) is 0 Å². The molecule has 1 aromatic heterocycles. The number of anilines is 1. The van der Waals surface area contributed by atoms with Gasteiger partial charge in [0.2, 0.25) is 0 Å². The Bertz CT molecular complexity index is 517. The number of fused-ring (bicyclic) bond motifs is 1. The third-order valence-electron chi connectivity index (χ3n) is 5.03. The van der Waals surface area contributed by atoms with E-state index in [1.165, 1.54) is 29.7 Å². The summed E-state index contributed by atoms with van der Waals surface area (Å²) in [5.74, 6) is 1.10. The molecule has 1 fully saturated rings. The molecule has 2 N–H and O–H groups in total. The van der Waals surface area contributed by atoms with E-state index < -0.39 is 0 Å². The maximum absolute atomic E-state index is 5.99. The lowest BCUT2D eigenvalue weighted by molar-refractivity contribution is -0.00485. The lowest BCUT2D eigenvalue weighted by Gasteiger charge is -2.41. The molecule has 1 atom stereocenters. The number of ether oxygens (including phenoxy) is 1. The van der Waals surface area contributed by atoms with Crippen molar-refractivity contribution in [2.45, 2.75) is 57.6 Å². The maximum Gasteiger partial charge on any atom is 0.133 e. The Balaban J connectivity index is 1.93. The normalized spacial score (nSPS) is 25.8. The molecule has 0 saturated carbocycles. The highest BCUT2D eigenvalue weighted by Gasteiger charge is 2.32. The van der Waals surface area contributed by atoms with Crippen molar-refractivity contribution in [1.82, 2.24) is 4.98 Å². The minimum atomic E-state index is -0.0678. The molecule has 0 aromatic carbocycles. The van der Waals surface area contributed by atoms with Gasteiger partial charge in [0.15, 0.2) is 0 Å². The van der Waals surface area contributed by atoms with E-state index in [0.29, 0.717) is 6.54 Å². The molecule has 2 aliphatic rings. The van der Waals surface area contributed by atoms with Crippen molar-refractivity contribution in [1.29, 1.82) is 0 Å². The van der Waals surface area contributed by atoms with Crippen LogP contribution >= 0.6 is 0 Å². The Morgan fingerprint density at radius 3 is 2.90 bits per heavy atom. The van der Waals surface area contributed by atoms with Crippen molar-refractivity contribution in [2.75, 3.05) is 25.1 Å². The van der Waals surface area contributed by atoms with Crippen LogP contribution in [0.3, 0.4) is 0 Å². The van der Waals surface area contributed by atoms with Crippen LogP contribution in [0.2, 0.25) is 0 Å². The Labute approximate surface area is 127 Å². The number of aromatic nitrogens is 1. The first kappa shape index (κ1) is 14.8. The number of methoxy groups -OCH3 is 1. The van der Waals surface area contributed by atoms with Crippen LogP contribution in [0.15, 0.2) is 6.07 Å². The molecule has 1 saturated heterocycles. The SMILES string of the molecule is COC1(C)CCCN(c2nc3c(cc2CN)CCCC3)C1. The number of nitrogens with zero attached hydrogens (tertiary/aromatic N) is 2. The zero-order valence-electron chi connectivity index (χ0n) is 13.3. The second-order valence-corrected chi connectivity index (χ2v) is 6.67. The van der Waals surface area contributed by atoms with E-state index in [9.17, 15) is 0 Å². The third-order valence-corrected chi connectivity index (χ3v) is 5.03. The van der Waals surface area contributed by atoms with Crippen molar-refractivity contribution in [3.8, 4) is 0 Å². The van der Waals surface area contributed by atoms with Crippen molar-refractivity contribution in [3.63, 3.8) is 0 Å². The van der Waals surface area contributed by atoms with Crippen molar-refractivity contribution >= 4 is 5.82 Å². The maximum atomic E-state index is 5.99. The summed E-state index contributed by atoms with van der Waals surface area (Å²) in [5, 5.41) is 0. The molecule has 4 nitrogen and oxygen atoms in total. The fourth-order valence-corrected chi connectivity index (χ4v) is 3.65. The van der Waals surface area contributed by atoms with Gasteiger partial charge < -0.3 is 15.4 Å². The molecule has 116 valence electrons. The Kier molecular flexibility index (Phi) is 4.18. The molecule has 3 rings (SSSR count). The summed E-state index contributed by atoms with van der Waals surface area (Å²) < 4.78 is 5.72. The Hall–Kier alpha value is -1.13. The fraction of sp³-hybridized carbons (Fsp3) is 0.706. The first-order chi connectivity index (χ1) is 10.1. The van der Waals surface area contributed by atoms with Gasteiger partial charge >= 0.3 is 0 Å². The molecule has 0 spiro atoms. The predicted octanol–water partition coefficient (Wildman–Crippen LogP) is 2.42. The zero-order valence-corrected chi connectivity index (χ0v) is 13.3. The molecule has 1 unspecified atom stereocenters. The average molecular weight is 289 g/mol. The second kappa shape index (κ2) is 5.93. The summed E-state index contributed by atoms with van der Waals surface area (Å²) in [6.07, 6.45) is 7.07. The van der Waals surface area contributed by atoms with Crippen LogP contribution in [0.25, 0.3) is 0 Å². The van der Waals surface area contributed by atoms with Gasteiger partial charge in [-0.3, -0.25) is 0 Å². The van der Waals surface area contributed by atoms with E-state index in [-0.39, 0.29) is 5.60 Å². The monoisotopic (exact) mass is 289 g/mol. The van der Waals surface area contributed by atoms with Gasteiger partial charge in [-0.25, -0.2) is 4.98 Å². The number of hydrogen-bond donors (Lipinski definition) is 1. The van der Waals surface area contributed by atoms with Gasteiger partial charge in [-0.05, 0) is 57.1 Å². The standard InChI is InChI=1S/C17H27N3O/c1-17(21-2)8-5-9-20(12-17)16-14(11-18)10-13-6-3-4-7-15(13)19-16/h10H,3-9,11-12,18H2,1-2H3. The van der Waals surface area contributed by atoms with Crippen molar-refractivity contribution in [3.05, 3.63) is 22.9 Å². The van der Waals surface area contributed by atoms with Crippen molar-refractivity contribution in [2.24, 2.45) is 5.73 Å². The van der Waals surface area contributed by atoms with Crippen LogP contribution in [-0.4, -0.2) is 30.8 Å². The topological polar surface area (TPSA) is 51.4 Å². The van der Waals surface area contributed by atoms with Crippen LogP contribution in [-0.2, 0) is 24.1 Å². The summed E-state index contributed by atoms with van der Waals surface area (Å²) in [6, 6.07) is 2.30. The quantitative estimate of drug-likeness (QED) is 0.928. The van der Waals surface area contributed by atoms with E-state index in [1.807, 2.05) is 7.11 Å². The molecule has 0 amide bonds. The summed E-state index contributed by atoms with van der Waals surface area (Å²) >= 11 is 0. The first-order valence-corrected chi connectivity index (χ1v) is 8.17. The van der Waals surface area contributed by atoms with Gasteiger partial charge in [0, 0.05) is 38.0 Å². The number of pyridine rings is 1. The summed E-state index contributed by atoms with van der Waals surface area (Å²) in [6.45, 7) is 4.72. The smallest absolute Gasteiger partial charge is 0.133 e. The summed E-state index contributed by atoms with van der Waals surface area (Å²) in [4.78, 5) is 7.38. The Morgan fingerprint density at radius 1 is 1.33 bits per heavy atom. The Morgan fingerprint density at radius 2 is 2.14 bits per heavy atom. The van der Waals surface area contributed by atoms with E-state index in [4.69, 9.17) is 15.5 Å². The van der Waals surface area contributed by atoms with E-state index in [0.717, 1.165) is 44.6 Å². The van der Waals surface area contributed by atoms with Gasteiger partial charge in [0.1, 0.15) is 5.82 Å². The molecule has 1 aliphatic carbocycles. The third kappa shape index (κ3) is 2.92. The number of hydrogen-bond acceptors (Lipinski definition) is 4. The lowest BCUT2D eigenvalue weighted by Crippen LogP contribution is -2.48. The van der Waals surface area contributed by atoms with Crippen LogP contribution in [0.1, 0.15) is 49.4 Å². The molecule has 1 aliphatic heterocycles. The van der Waals surface area contributed by atoms with Crippen molar-refractivity contribution < 1.29 is 4.74 Å². The minimum Gasteiger partial charge on any atom is -0.377 e. The van der Waals surface area contributed by atoms with Gasteiger partial charge in [0.25, 0.3) is 0 Å². The van der Waals surface area contributed by atoms with Gasteiger partial charge in [0.05, 0.1) is 5.60 Å². The molecule has 0 bridgehead atoms. The number of aryl methyl sites for hydroxylation is 2. The second-order valence-electron chi connectivity index (χ2n) is 6.67.